The Hall–Kier alpha value is -2.00. The molecule has 7 nitrogen and oxygen atoms in total. The third-order valence-electron chi connectivity index (χ3n) is 3.42. The predicted molar refractivity (Wildman–Crippen MR) is 82.7 cm³/mol. The molecule has 9 heteroatoms. The first kappa shape index (κ1) is 14.9. The van der Waals surface area contributed by atoms with Crippen LogP contribution in [0.3, 0.4) is 0 Å². The van der Waals surface area contributed by atoms with Crippen LogP contribution in [0.2, 0.25) is 0 Å². The van der Waals surface area contributed by atoms with E-state index in [0.717, 1.165) is 36.3 Å². The van der Waals surface area contributed by atoms with Gasteiger partial charge >= 0.3 is 0 Å². The van der Waals surface area contributed by atoms with Crippen molar-refractivity contribution in [1.82, 2.24) is 4.98 Å². The number of anilines is 1. The largest absolute Gasteiger partial charge is 0.289 e. The number of sulfonamides is 1. The smallest absolute Gasteiger partial charge is 0.258 e. The monoisotopic (exact) mass is 339 g/mol. The van der Waals surface area contributed by atoms with Crippen molar-refractivity contribution in [2.24, 2.45) is 0 Å². The molecule has 0 aliphatic heterocycles. The Morgan fingerprint density at radius 1 is 1.23 bits per heavy atom. The van der Waals surface area contributed by atoms with E-state index in [1.807, 2.05) is 0 Å². The first-order valence-corrected chi connectivity index (χ1v) is 9.02. The van der Waals surface area contributed by atoms with Crippen molar-refractivity contribution < 1.29 is 13.3 Å². The third-order valence-corrected chi connectivity index (χ3v) is 6.01. The van der Waals surface area contributed by atoms with Gasteiger partial charge in [-0.25, -0.2) is 13.4 Å². The van der Waals surface area contributed by atoms with Crippen LogP contribution in [0.5, 0.6) is 0 Å². The molecule has 116 valence electrons. The summed E-state index contributed by atoms with van der Waals surface area (Å²) in [6.45, 7) is 0. The summed E-state index contributed by atoms with van der Waals surface area (Å²) >= 11 is 1.30. The number of hydrogen-bond acceptors (Lipinski definition) is 6. The summed E-state index contributed by atoms with van der Waals surface area (Å²) in [4.78, 5) is 15.3. The van der Waals surface area contributed by atoms with Gasteiger partial charge in [-0.15, -0.1) is 11.3 Å². The quantitative estimate of drug-likeness (QED) is 0.681. The highest BCUT2D eigenvalue weighted by Crippen LogP contribution is 2.32. The first-order chi connectivity index (χ1) is 10.5. The third kappa shape index (κ3) is 2.81. The van der Waals surface area contributed by atoms with Crippen LogP contribution in [0.1, 0.15) is 23.4 Å². The van der Waals surface area contributed by atoms with Gasteiger partial charge in [-0.3, -0.25) is 14.8 Å². The van der Waals surface area contributed by atoms with Crippen molar-refractivity contribution in [3.63, 3.8) is 0 Å². The Bertz CT molecular complexity index is 806. The van der Waals surface area contributed by atoms with E-state index in [4.69, 9.17) is 0 Å². The Morgan fingerprint density at radius 2 is 1.95 bits per heavy atom. The molecule has 2 aromatic rings. The molecule has 1 heterocycles. The first-order valence-electron chi connectivity index (χ1n) is 6.72. The van der Waals surface area contributed by atoms with Gasteiger partial charge in [0.25, 0.3) is 15.7 Å². The van der Waals surface area contributed by atoms with E-state index in [-0.39, 0.29) is 10.0 Å². The molecule has 0 unspecified atom stereocenters. The summed E-state index contributed by atoms with van der Waals surface area (Å²) in [6, 6.07) is 5.27. The second kappa shape index (κ2) is 5.65. The zero-order valence-electron chi connectivity index (χ0n) is 11.5. The fourth-order valence-electron chi connectivity index (χ4n) is 2.40. The summed E-state index contributed by atoms with van der Waals surface area (Å²) in [5, 5.41) is 11.2. The minimum atomic E-state index is -4.03. The molecule has 1 aromatic heterocycles. The minimum absolute atomic E-state index is 0.269. The van der Waals surface area contributed by atoms with E-state index < -0.39 is 20.6 Å². The Kier molecular flexibility index (Phi) is 3.83. The van der Waals surface area contributed by atoms with Crippen LogP contribution < -0.4 is 4.72 Å². The van der Waals surface area contributed by atoms with Crippen LogP contribution in [-0.4, -0.2) is 18.3 Å². The number of thiazole rings is 1. The van der Waals surface area contributed by atoms with Crippen molar-refractivity contribution in [3.8, 4) is 0 Å². The van der Waals surface area contributed by atoms with E-state index in [9.17, 15) is 18.5 Å². The number of nitro benzene ring substituents is 1. The maximum Gasteiger partial charge on any atom is 0.289 e. The van der Waals surface area contributed by atoms with Gasteiger partial charge in [0.2, 0.25) is 0 Å². The molecule has 0 bridgehead atoms. The number of aromatic nitrogens is 1. The van der Waals surface area contributed by atoms with Crippen LogP contribution in [-0.2, 0) is 22.9 Å². The Labute approximate surface area is 131 Å². The second-order valence-corrected chi connectivity index (χ2v) is 7.66. The highest BCUT2D eigenvalue weighted by Gasteiger charge is 2.27. The van der Waals surface area contributed by atoms with Crippen LogP contribution in [0.4, 0.5) is 10.8 Å². The average molecular weight is 339 g/mol. The molecular formula is C13H13N3O4S2. The van der Waals surface area contributed by atoms with Crippen molar-refractivity contribution in [1.29, 1.82) is 0 Å². The molecule has 1 aliphatic carbocycles. The maximum atomic E-state index is 12.4. The standard InChI is InChI=1S/C13H13N3O4S2/c17-16(18)10-6-2-4-8-12(10)22(19,20)15-13-14-9-5-1-3-7-11(9)21-13/h2,4,6,8H,1,3,5,7H2,(H,14,15). The number of benzene rings is 1. The molecule has 0 amide bonds. The normalized spacial score (nSPS) is 14.4. The molecule has 0 spiro atoms. The zero-order valence-corrected chi connectivity index (χ0v) is 13.1. The van der Waals surface area contributed by atoms with E-state index >= 15 is 0 Å². The summed E-state index contributed by atoms with van der Waals surface area (Å²) < 4.78 is 27.1. The second-order valence-electron chi connectivity index (χ2n) is 4.93. The van der Waals surface area contributed by atoms with Gasteiger partial charge in [0.05, 0.1) is 10.6 Å². The number of nitro groups is 1. The number of aryl methyl sites for hydroxylation is 2. The number of para-hydroxylation sites is 1. The fraction of sp³-hybridized carbons (Fsp3) is 0.308. The van der Waals surface area contributed by atoms with Gasteiger partial charge in [0.1, 0.15) is 0 Å². The number of hydrogen-bond donors (Lipinski definition) is 1. The highest BCUT2D eigenvalue weighted by molar-refractivity contribution is 7.93. The maximum absolute atomic E-state index is 12.4. The molecule has 0 radical (unpaired) electrons. The zero-order chi connectivity index (χ0) is 15.7. The fourth-order valence-corrected chi connectivity index (χ4v) is 4.86. The number of fused-ring (bicyclic) bond motifs is 1. The lowest BCUT2D eigenvalue weighted by Crippen LogP contribution is -2.14. The number of nitrogens with one attached hydrogen (secondary N) is 1. The molecular weight excluding hydrogens is 326 g/mol. The summed E-state index contributed by atoms with van der Waals surface area (Å²) in [5.74, 6) is 0. The molecule has 1 aliphatic rings. The van der Waals surface area contributed by atoms with Gasteiger partial charge in [-0.05, 0) is 31.7 Å². The molecule has 1 N–H and O–H groups in total. The molecule has 0 atom stereocenters. The predicted octanol–water partition coefficient (Wildman–Crippen LogP) is 2.73. The Morgan fingerprint density at radius 3 is 2.68 bits per heavy atom. The van der Waals surface area contributed by atoms with E-state index in [0.29, 0.717) is 0 Å². The van der Waals surface area contributed by atoms with Gasteiger partial charge in [-0.1, -0.05) is 12.1 Å². The molecule has 3 rings (SSSR count). The minimum Gasteiger partial charge on any atom is -0.258 e. The van der Waals surface area contributed by atoms with Crippen LogP contribution in [0, 0.1) is 10.1 Å². The van der Waals surface area contributed by atoms with Gasteiger partial charge in [0.15, 0.2) is 10.0 Å². The molecule has 0 fully saturated rings. The van der Waals surface area contributed by atoms with Crippen molar-refractivity contribution in [2.45, 2.75) is 30.6 Å². The Balaban J connectivity index is 1.94. The lowest BCUT2D eigenvalue weighted by atomic mass is 10.0. The summed E-state index contributed by atoms with van der Waals surface area (Å²) in [5.41, 5.74) is 0.479. The lowest BCUT2D eigenvalue weighted by molar-refractivity contribution is -0.387. The number of rotatable bonds is 4. The van der Waals surface area contributed by atoms with Gasteiger partial charge in [-0.2, -0.15) is 0 Å². The lowest BCUT2D eigenvalue weighted by Gasteiger charge is -2.06. The highest BCUT2D eigenvalue weighted by atomic mass is 32.2. The molecule has 0 saturated carbocycles. The molecule has 0 saturated heterocycles. The van der Waals surface area contributed by atoms with Gasteiger partial charge in [0, 0.05) is 10.9 Å². The van der Waals surface area contributed by atoms with Crippen LogP contribution in [0.15, 0.2) is 29.2 Å². The van der Waals surface area contributed by atoms with Crippen LogP contribution in [0.25, 0.3) is 0 Å². The van der Waals surface area contributed by atoms with Gasteiger partial charge < -0.3 is 0 Å². The molecule has 22 heavy (non-hydrogen) atoms. The molecule has 1 aromatic carbocycles. The summed E-state index contributed by atoms with van der Waals surface area (Å²) in [6.07, 6.45) is 3.87. The van der Waals surface area contributed by atoms with Crippen molar-refractivity contribution >= 4 is 32.2 Å². The van der Waals surface area contributed by atoms with E-state index in [1.54, 1.807) is 0 Å². The van der Waals surface area contributed by atoms with Crippen LogP contribution >= 0.6 is 11.3 Å². The van der Waals surface area contributed by atoms with Crippen molar-refractivity contribution in [3.05, 3.63) is 45.0 Å². The topological polar surface area (TPSA) is 102 Å². The summed E-state index contributed by atoms with van der Waals surface area (Å²) in [7, 11) is -4.03. The number of nitrogens with zero attached hydrogens (tertiary/aromatic N) is 2. The van der Waals surface area contributed by atoms with Crippen molar-refractivity contribution in [2.75, 3.05) is 4.72 Å². The van der Waals surface area contributed by atoms with E-state index in [2.05, 4.69) is 9.71 Å². The SMILES string of the molecule is O=[N+]([O-])c1ccccc1S(=O)(=O)Nc1nc2c(s1)CCCC2. The van der Waals surface area contributed by atoms with E-state index in [1.165, 1.54) is 35.6 Å². The average Bonchev–Trinajstić information content (AvgIpc) is 2.88.